The van der Waals surface area contributed by atoms with Crippen molar-refractivity contribution in [1.29, 1.82) is 0 Å². The molecule has 0 saturated carbocycles. The third kappa shape index (κ3) is 5.92. The first kappa shape index (κ1) is 15.8. The van der Waals surface area contributed by atoms with Crippen LogP contribution in [0.3, 0.4) is 0 Å². The lowest BCUT2D eigenvalue weighted by Crippen LogP contribution is -2.22. The first-order valence-electron chi connectivity index (χ1n) is 6.35. The number of pyridine rings is 1. The molecule has 1 N–H and O–H groups in total. The van der Waals surface area contributed by atoms with E-state index < -0.39 is 12.8 Å². The largest absolute Gasteiger partial charge is 0.483 e. The van der Waals surface area contributed by atoms with Crippen LogP contribution in [0.15, 0.2) is 18.3 Å². The lowest BCUT2D eigenvalue weighted by molar-refractivity contribution is -0.153. The molecule has 0 aliphatic carbocycles. The molecule has 6 heteroatoms. The van der Waals surface area contributed by atoms with Crippen LogP contribution in [-0.4, -0.2) is 24.3 Å². The second-order valence-electron chi connectivity index (χ2n) is 4.24. The van der Waals surface area contributed by atoms with E-state index in [2.05, 4.69) is 22.0 Å². The quantitative estimate of drug-likeness (QED) is 0.828. The molecule has 1 unspecified atom stereocenters. The van der Waals surface area contributed by atoms with Crippen LogP contribution in [0, 0.1) is 0 Å². The minimum atomic E-state index is -4.33. The lowest BCUT2D eigenvalue weighted by atomic mass is 10.1. The highest BCUT2D eigenvalue weighted by Crippen LogP contribution is 2.20. The van der Waals surface area contributed by atoms with Gasteiger partial charge in [-0.3, -0.25) is 4.98 Å². The summed E-state index contributed by atoms with van der Waals surface area (Å²) in [4.78, 5) is 4.15. The molecule has 1 rings (SSSR count). The van der Waals surface area contributed by atoms with E-state index in [1.54, 1.807) is 6.07 Å². The van der Waals surface area contributed by atoms with Crippen LogP contribution in [0.2, 0.25) is 0 Å². The maximum Gasteiger partial charge on any atom is 0.422 e. The fourth-order valence-electron chi connectivity index (χ4n) is 1.63. The fraction of sp³-hybridized carbons (Fsp3) is 0.615. The minimum absolute atomic E-state index is 0.122. The van der Waals surface area contributed by atoms with Crippen molar-refractivity contribution in [3.63, 3.8) is 0 Å². The highest BCUT2D eigenvalue weighted by atomic mass is 19.4. The van der Waals surface area contributed by atoms with Crippen molar-refractivity contribution in [1.82, 2.24) is 10.3 Å². The van der Waals surface area contributed by atoms with Crippen LogP contribution in [0.4, 0.5) is 13.2 Å². The molecule has 1 atom stereocenters. The van der Waals surface area contributed by atoms with Crippen LogP contribution >= 0.6 is 0 Å². The predicted molar refractivity (Wildman–Crippen MR) is 67.1 cm³/mol. The molecule has 1 aromatic rings. The summed E-state index contributed by atoms with van der Waals surface area (Å²) in [7, 11) is 0. The number of halogens is 3. The number of hydrogen-bond acceptors (Lipinski definition) is 3. The summed E-state index contributed by atoms with van der Waals surface area (Å²) in [5.41, 5.74) is 0.815. The van der Waals surface area contributed by atoms with Gasteiger partial charge in [0.25, 0.3) is 0 Å². The number of hydrogen-bond donors (Lipinski definition) is 1. The predicted octanol–water partition coefficient (Wildman–Crippen LogP) is 3.47. The average molecular weight is 276 g/mol. The summed E-state index contributed by atoms with van der Waals surface area (Å²) < 4.78 is 40.6. The Morgan fingerprint density at radius 3 is 2.53 bits per heavy atom. The van der Waals surface area contributed by atoms with Gasteiger partial charge in [-0.1, -0.05) is 13.8 Å². The third-order valence-corrected chi connectivity index (χ3v) is 2.57. The summed E-state index contributed by atoms with van der Waals surface area (Å²) in [6.07, 6.45) is -1.11. The Kier molecular flexibility index (Phi) is 6.08. The van der Waals surface area contributed by atoms with E-state index >= 15 is 0 Å². The van der Waals surface area contributed by atoms with Gasteiger partial charge in [-0.15, -0.1) is 0 Å². The molecule has 0 amide bonds. The number of nitrogens with zero attached hydrogens (tertiary/aromatic N) is 1. The summed E-state index contributed by atoms with van der Waals surface area (Å²) in [5, 5.41) is 3.33. The van der Waals surface area contributed by atoms with Crippen molar-refractivity contribution in [2.45, 2.75) is 38.9 Å². The Labute approximate surface area is 111 Å². The van der Waals surface area contributed by atoms with Crippen molar-refractivity contribution in [2.75, 3.05) is 13.2 Å². The molecule has 108 valence electrons. The molecule has 0 spiro atoms. The molecule has 0 aliphatic rings. The summed E-state index contributed by atoms with van der Waals surface area (Å²) in [5.74, 6) is 0.131. The zero-order chi connectivity index (χ0) is 14.3. The van der Waals surface area contributed by atoms with Gasteiger partial charge in [0.1, 0.15) is 5.75 Å². The van der Waals surface area contributed by atoms with E-state index in [0.717, 1.165) is 25.1 Å². The normalized spacial score (nSPS) is 13.3. The molecule has 1 aromatic heterocycles. The highest BCUT2D eigenvalue weighted by Gasteiger charge is 2.28. The van der Waals surface area contributed by atoms with Gasteiger partial charge in [0, 0.05) is 6.04 Å². The van der Waals surface area contributed by atoms with Gasteiger partial charge in [0.05, 0.1) is 11.9 Å². The molecular formula is C13H19F3N2O. The van der Waals surface area contributed by atoms with Gasteiger partial charge in [-0.25, -0.2) is 0 Å². The summed E-state index contributed by atoms with van der Waals surface area (Å²) >= 11 is 0. The Morgan fingerprint density at radius 1 is 1.32 bits per heavy atom. The van der Waals surface area contributed by atoms with Crippen molar-refractivity contribution < 1.29 is 17.9 Å². The van der Waals surface area contributed by atoms with Crippen molar-refractivity contribution in [3.8, 4) is 5.75 Å². The Morgan fingerprint density at radius 2 is 2.05 bits per heavy atom. The molecule has 0 fully saturated rings. The number of aromatic nitrogens is 1. The Bertz CT molecular complexity index is 365. The molecular weight excluding hydrogens is 257 g/mol. The van der Waals surface area contributed by atoms with Crippen LogP contribution in [-0.2, 0) is 0 Å². The summed E-state index contributed by atoms with van der Waals surface area (Å²) in [6.45, 7) is 3.69. The molecule has 0 saturated heterocycles. The van der Waals surface area contributed by atoms with Crippen LogP contribution in [0.25, 0.3) is 0 Å². The van der Waals surface area contributed by atoms with E-state index in [0.29, 0.717) is 0 Å². The number of ether oxygens (including phenoxy) is 1. The van der Waals surface area contributed by atoms with Crippen LogP contribution in [0.1, 0.15) is 38.4 Å². The van der Waals surface area contributed by atoms with E-state index in [1.165, 1.54) is 12.3 Å². The van der Waals surface area contributed by atoms with Gasteiger partial charge >= 0.3 is 6.18 Å². The van der Waals surface area contributed by atoms with E-state index in [1.807, 2.05) is 6.92 Å². The Balaban J connectivity index is 2.59. The second kappa shape index (κ2) is 7.33. The molecule has 0 aromatic carbocycles. The van der Waals surface area contributed by atoms with E-state index in [4.69, 9.17) is 0 Å². The number of alkyl halides is 3. The topological polar surface area (TPSA) is 34.1 Å². The minimum Gasteiger partial charge on any atom is -0.483 e. The third-order valence-electron chi connectivity index (χ3n) is 2.57. The smallest absolute Gasteiger partial charge is 0.422 e. The van der Waals surface area contributed by atoms with Crippen LogP contribution < -0.4 is 10.1 Å². The van der Waals surface area contributed by atoms with Crippen molar-refractivity contribution >= 4 is 0 Å². The zero-order valence-electron chi connectivity index (χ0n) is 11.1. The number of nitrogens with one attached hydrogen (secondary N) is 1. The van der Waals surface area contributed by atoms with Gasteiger partial charge in [0.2, 0.25) is 0 Å². The van der Waals surface area contributed by atoms with Crippen LogP contribution in [0.5, 0.6) is 5.75 Å². The molecule has 0 aliphatic heterocycles. The van der Waals surface area contributed by atoms with Gasteiger partial charge in [-0.2, -0.15) is 13.2 Å². The van der Waals surface area contributed by atoms with Gasteiger partial charge in [-0.05, 0) is 31.5 Å². The Hall–Kier alpha value is -1.30. The van der Waals surface area contributed by atoms with Crippen molar-refractivity contribution in [2.24, 2.45) is 0 Å². The maximum atomic E-state index is 12.0. The lowest BCUT2D eigenvalue weighted by Gasteiger charge is -2.16. The monoisotopic (exact) mass is 276 g/mol. The molecule has 19 heavy (non-hydrogen) atoms. The van der Waals surface area contributed by atoms with Gasteiger partial charge in [0.15, 0.2) is 6.61 Å². The second-order valence-corrected chi connectivity index (χ2v) is 4.24. The first-order chi connectivity index (χ1) is 8.96. The highest BCUT2D eigenvalue weighted by molar-refractivity contribution is 5.21. The number of rotatable bonds is 7. The zero-order valence-corrected chi connectivity index (χ0v) is 11.1. The maximum absolute atomic E-state index is 12.0. The van der Waals surface area contributed by atoms with Gasteiger partial charge < -0.3 is 10.1 Å². The SMILES string of the molecule is CCCNC(CC)c1ccc(OCC(F)(F)F)cn1. The summed E-state index contributed by atoms with van der Waals surface area (Å²) in [6, 6.07) is 3.34. The molecule has 3 nitrogen and oxygen atoms in total. The van der Waals surface area contributed by atoms with Crippen molar-refractivity contribution in [3.05, 3.63) is 24.0 Å². The van der Waals surface area contributed by atoms with E-state index in [-0.39, 0.29) is 11.8 Å². The first-order valence-corrected chi connectivity index (χ1v) is 6.35. The fourth-order valence-corrected chi connectivity index (χ4v) is 1.63. The van der Waals surface area contributed by atoms with E-state index in [9.17, 15) is 13.2 Å². The standard InChI is InChI=1S/C13H19F3N2O/c1-3-7-17-11(4-2)12-6-5-10(8-18-12)19-9-13(14,15)16/h5-6,8,11,17H,3-4,7,9H2,1-2H3. The molecule has 0 bridgehead atoms. The molecule has 0 radical (unpaired) electrons. The average Bonchev–Trinajstić information content (AvgIpc) is 2.38. The molecule has 1 heterocycles.